The average Bonchev–Trinajstić information content (AvgIpc) is 2.39. The van der Waals surface area contributed by atoms with Gasteiger partial charge in [0.25, 0.3) is 0 Å². The summed E-state index contributed by atoms with van der Waals surface area (Å²) in [6.45, 7) is 1.40. The van der Waals surface area contributed by atoms with Gasteiger partial charge in [-0.15, -0.1) is 0 Å². The summed E-state index contributed by atoms with van der Waals surface area (Å²) in [5.74, 6) is 4.60. The summed E-state index contributed by atoms with van der Waals surface area (Å²) in [5.41, 5.74) is 1.14. The first-order valence-corrected chi connectivity index (χ1v) is 5.72. The summed E-state index contributed by atoms with van der Waals surface area (Å²) in [4.78, 5) is 0. The van der Waals surface area contributed by atoms with Gasteiger partial charge in [0.15, 0.2) is 0 Å². The van der Waals surface area contributed by atoms with Crippen molar-refractivity contribution in [3.8, 4) is 11.8 Å². The lowest BCUT2D eigenvalue weighted by atomic mass is 10.1. The van der Waals surface area contributed by atoms with Crippen LogP contribution in [0.4, 0.5) is 4.39 Å². The fourth-order valence-corrected chi connectivity index (χ4v) is 1.39. The van der Waals surface area contributed by atoms with Crippen LogP contribution < -0.4 is 0 Å². The number of rotatable bonds is 6. The van der Waals surface area contributed by atoms with Gasteiger partial charge in [-0.3, -0.25) is 0 Å². The van der Waals surface area contributed by atoms with Crippen molar-refractivity contribution in [3.05, 3.63) is 35.1 Å². The molecule has 98 valence electrons. The van der Waals surface area contributed by atoms with Crippen LogP contribution in [0.5, 0.6) is 0 Å². The average molecular weight is 252 g/mol. The third-order valence-corrected chi connectivity index (χ3v) is 2.24. The summed E-state index contributed by atoms with van der Waals surface area (Å²) >= 11 is 0. The highest BCUT2D eigenvalue weighted by molar-refractivity contribution is 5.38. The van der Waals surface area contributed by atoms with E-state index in [0.717, 1.165) is 12.0 Å². The van der Waals surface area contributed by atoms with Crippen LogP contribution in [0.3, 0.4) is 0 Å². The van der Waals surface area contributed by atoms with Crippen LogP contribution in [0.2, 0.25) is 0 Å². The Hall–Kier alpha value is -1.41. The second kappa shape index (κ2) is 8.65. The number of ether oxygens (including phenoxy) is 2. The van der Waals surface area contributed by atoms with Gasteiger partial charge in [0, 0.05) is 20.3 Å². The molecule has 0 aliphatic carbocycles. The number of methoxy groups -OCH3 is 1. The van der Waals surface area contributed by atoms with Crippen molar-refractivity contribution in [1.82, 2.24) is 0 Å². The summed E-state index contributed by atoms with van der Waals surface area (Å²) in [6.07, 6.45) is 0.828. The van der Waals surface area contributed by atoms with Crippen LogP contribution in [0.1, 0.15) is 17.5 Å². The zero-order valence-corrected chi connectivity index (χ0v) is 10.4. The van der Waals surface area contributed by atoms with Gasteiger partial charge in [-0.1, -0.05) is 17.9 Å². The smallest absolute Gasteiger partial charge is 0.138 e. The van der Waals surface area contributed by atoms with Gasteiger partial charge in [0.1, 0.15) is 12.4 Å². The van der Waals surface area contributed by atoms with E-state index < -0.39 is 0 Å². The predicted molar refractivity (Wildman–Crippen MR) is 66.5 cm³/mol. The molecule has 0 amide bonds. The maximum absolute atomic E-state index is 13.3. The third-order valence-electron chi connectivity index (χ3n) is 2.24. The Kier molecular flexibility index (Phi) is 7.04. The van der Waals surface area contributed by atoms with Gasteiger partial charge in [-0.25, -0.2) is 4.39 Å². The molecule has 0 unspecified atom stereocenters. The molecule has 0 fully saturated rings. The first-order valence-electron chi connectivity index (χ1n) is 5.72. The van der Waals surface area contributed by atoms with Gasteiger partial charge in [0.2, 0.25) is 0 Å². The SMILES string of the molecule is COCCCOCc1ccc(F)c(C#CCO)c1. The number of aliphatic hydroxyl groups excluding tert-OH is 1. The van der Waals surface area contributed by atoms with E-state index >= 15 is 0 Å². The number of hydrogen-bond acceptors (Lipinski definition) is 3. The molecule has 0 aliphatic heterocycles. The lowest BCUT2D eigenvalue weighted by Gasteiger charge is -2.05. The number of halogens is 1. The van der Waals surface area contributed by atoms with E-state index in [9.17, 15) is 4.39 Å². The number of aliphatic hydroxyl groups is 1. The fraction of sp³-hybridized carbons (Fsp3) is 0.429. The Balaban J connectivity index is 2.51. The zero-order chi connectivity index (χ0) is 13.2. The zero-order valence-electron chi connectivity index (χ0n) is 10.4. The van der Waals surface area contributed by atoms with E-state index in [1.165, 1.54) is 6.07 Å². The minimum absolute atomic E-state index is 0.280. The standard InChI is InChI=1S/C14H17FO3/c1-17-8-3-9-18-11-12-5-6-14(15)13(10-12)4-2-7-16/h5-6,10,16H,3,7-9,11H2,1H3. The Labute approximate surface area is 107 Å². The second-order valence-corrected chi connectivity index (χ2v) is 3.67. The molecule has 1 N–H and O–H groups in total. The molecule has 1 aromatic rings. The molecule has 4 heteroatoms. The van der Waals surface area contributed by atoms with E-state index in [2.05, 4.69) is 11.8 Å². The molecule has 1 rings (SSSR count). The summed E-state index contributed by atoms with van der Waals surface area (Å²) in [7, 11) is 1.64. The molecule has 1 aromatic carbocycles. The number of benzene rings is 1. The van der Waals surface area contributed by atoms with Gasteiger partial charge in [0.05, 0.1) is 12.2 Å². The van der Waals surface area contributed by atoms with E-state index in [0.29, 0.717) is 19.8 Å². The fourth-order valence-electron chi connectivity index (χ4n) is 1.39. The molecular weight excluding hydrogens is 235 g/mol. The van der Waals surface area contributed by atoms with Crippen molar-refractivity contribution in [1.29, 1.82) is 0 Å². The third kappa shape index (κ3) is 5.28. The van der Waals surface area contributed by atoms with Crippen molar-refractivity contribution in [2.75, 3.05) is 26.9 Å². The van der Waals surface area contributed by atoms with Crippen LogP contribution >= 0.6 is 0 Å². The minimum atomic E-state index is -0.390. The molecule has 0 saturated heterocycles. The predicted octanol–water partition coefficient (Wildman–Crippen LogP) is 1.72. The van der Waals surface area contributed by atoms with Crippen LogP contribution in [-0.4, -0.2) is 32.0 Å². The van der Waals surface area contributed by atoms with Crippen molar-refractivity contribution >= 4 is 0 Å². The summed E-state index contributed by atoms with van der Waals surface area (Å²) in [6, 6.07) is 4.65. The first kappa shape index (κ1) is 14.7. The van der Waals surface area contributed by atoms with Gasteiger partial charge < -0.3 is 14.6 Å². The first-order chi connectivity index (χ1) is 8.77. The molecule has 0 saturated carbocycles. The van der Waals surface area contributed by atoms with Crippen LogP contribution in [0.15, 0.2) is 18.2 Å². The monoisotopic (exact) mass is 252 g/mol. The van der Waals surface area contributed by atoms with Crippen molar-refractivity contribution in [3.63, 3.8) is 0 Å². The van der Waals surface area contributed by atoms with E-state index in [1.807, 2.05) is 0 Å². The topological polar surface area (TPSA) is 38.7 Å². The normalized spacial score (nSPS) is 9.94. The highest BCUT2D eigenvalue weighted by Crippen LogP contribution is 2.10. The van der Waals surface area contributed by atoms with Crippen LogP contribution in [-0.2, 0) is 16.1 Å². The molecule has 0 atom stereocenters. The molecule has 3 nitrogen and oxygen atoms in total. The Morgan fingerprint density at radius 3 is 2.89 bits per heavy atom. The minimum Gasteiger partial charge on any atom is -0.385 e. The van der Waals surface area contributed by atoms with Crippen molar-refractivity contribution in [2.45, 2.75) is 13.0 Å². The molecule has 0 radical (unpaired) electrons. The van der Waals surface area contributed by atoms with E-state index in [1.54, 1.807) is 19.2 Å². The number of hydrogen-bond donors (Lipinski definition) is 1. The maximum Gasteiger partial charge on any atom is 0.138 e. The Morgan fingerprint density at radius 1 is 1.33 bits per heavy atom. The maximum atomic E-state index is 13.3. The quantitative estimate of drug-likeness (QED) is 0.619. The van der Waals surface area contributed by atoms with E-state index in [4.69, 9.17) is 14.6 Å². The van der Waals surface area contributed by atoms with E-state index in [-0.39, 0.29) is 18.0 Å². The summed E-state index contributed by atoms with van der Waals surface area (Å²) in [5, 5.41) is 8.58. The molecule has 18 heavy (non-hydrogen) atoms. The van der Waals surface area contributed by atoms with Gasteiger partial charge in [-0.05, 0) is 24.1 Å². The highest BCUT2D eigenvalue weighted by Gasteiger charge is 2.01. The lowest BCUT2D eigenvalue weighted by Crippen LogP contribution is -2.00. The lowest BCUT2D eigenvalue weighted by molar-refractivity contribution is 0.0928. The summed E-state index contributed by atoms with van der Waals surface area (Å²) < 4.78 is 23.7. The molecule has 0 bridgehead atoms. The molecular formula is C14H17FO3. The second-order valence-electron chi connectivity index (χ2n) is 3.67. The molecule has 0 heterocycles. The van der Waals surface area contributed by atoms with Crippen molar-refractivity contribution < 1.29 is 19.0 Å². The van der Waals surface area contributed by atoms with Crippen LogP contribution in [0.25, 0.3) is 0 Å². The largest absolute Gasteiger partial charge is 0.385 e. The Bertz CT molecular complexity index is 421. The van der Waals surface area contributed by atoms with Crippen LogP contribution in [0, 0.1) is 17.7 Å². The molecule has 0 aliphatic rings. The molecule has 0 spiro atoms. The van der Waals surface area contributed by atoms with Crippen molar-refractivity contribution in [2.24, 2.45) is 0 Å². The molecule has 0 aromatic heterocycles. The van der Waals surface area contributed by atoms with Gasteiger partial charge >= 0.3 is 0 Å². The Morgan fingerprint density at radius 2 is 2.17 bits per heavy atom. The highest BCUT2D eigenvalue weighted by atomic mass is 19.1. The van der Waals surface area contributed by atoms with Gasteiger partial charge in [-0.2, -0.15) is 0 Å².